The SMILES string of the molecule is CN1CCN(C(=O)C(O)(c2ccccc2)C2CCCC2)CC1. The third kappa shape index (κ3) is 2.77. The van der Waals surface area contributed by atoms with Crippen molar-refractivity contribution in [1.29, 1.82) is 0 Å². The minimum Gasteiger partial charge on any atom is -0.375 e. The second kappa shape index (κ2) is 6.39. The van der Waals surface area contributed by atoms with Crippen LogP contribution in [0.5, 0.6) is 0 Å². The van der Waals surface area contributed by atoms with Gasteiger partial charge in [-0.1, -0.05) is 43.2 Å². The fourth-order valence-electron chi connectivity index (χ4n) is 3.82. The van der Waals surface area contributed by atoms with Gasteiger partial charge in [-0.05, 0) is 25.5 Å². The Morgan fingerprint density at radius 2 is 1.68 bits per heavy atom. The zero-order valence-electron chi connectivity index (χ0n) is 13.4. The number of benzene rings is 1. The van der Waals surface area contributed by atoms with Gasteiger partial charge in [-0.15, -0.1) is 0 Å². The van der Waals surface area contributed by atoms with Crippen molar-refractivity contribution in [2.75, 3.05) is 33.2 Å². The predicted octanol–water partition coefficient (Wildman–Crippen LogP) is 1.84. The zero-order chi connectivity index (χ0) is 15.6. The van der Waals surface area contributed by atoms with E-state index in [0.717, 1.165) is 44.3 Å². The second-order valence-electron chi connectivity index (χ2n) is 6.71. The van der Waals surface area contributed by atoms with Crippen LogP contribution in [0.4, 0.5) is 0 Å². The van der Waals surface area contributed by atoms with Crippen molar-refractivity contribution >= 4 is 5.91 Å². The maximum Gasteiger partial charge on any atom is 0.259 e. The van der Waals surface area contributed by atoms with Gasteiger partial charge in [0.2, 0.25) is 0 Å². The lowest BCUT2D eigenvalue weighted by Gasteiger charge is -2.40. The Kier molecular flexibility index (Phi) is 4.50. The Bertz CT molecular complexity index is 505. The number of nitrogens with zero attached hydrogens (tertiary/aromatic N) is 2. The molecule has 0 spiro atoms. The third-order valence-electron chi connectivity index (χ3n) is 5.28. The van der Waals surface area contributed by atoms with Crippen LogP contribution in [0.3, 0.4) is 0 Å². The van der Waals surface area contributed by atoms with Gasteiger partial charge in [-0.2, -0.15) is 0 Å². The summed E-state index contributed by atoms with van der Waals surface area (Å²) in [5, 5.41) is 11.5. The summed E-state index contributed by atoms with van der Waals surface area (Å²) in [5.74, 6) is -0.0549. The van der Waals surface area contributed by atoms with Gasteiger partial charge in [-0.25, -0.2) is 0 Å². The molecule has 1 unspecified atom stereocenters. The zero-order valence-corrected chi connectivity index (χ0v) is 13.4. The summed E-state index contributed by atoms with van der Waals surface area (Å²) in [4.78, 5) is 17.2. The fourth-order valence-corrected chi connectivity index (χ4v) is 3.82. The lowest BCUT2D eigenvalue weighted by Crippen LogP contribution is -2.56. The Morgan fingerprint density at radius 1 is 1.09 bits per heavy atom. The van der Waals surface area contributed by atoms with E-state index in [0.29, 0.717) is 13.1 Å². The van der Waals surface area contributed by atoms with Crippen LogP contribution < -0.4 is 0 Å². The molecule has 1 N–H and O–H groups in total. The third-order valence-corrected chi connectivity index (χ3v) is 5.28. The number of carbonyl (C=O) groups excluding carboxylic acids is 1. The number of carbonyl (C=O) groups is 1. The van der Waals surface area contributed by atoms with E-state index in [4.69, 9.17) is 0 Å². The first-order valence-corrected chi connectivity index (χ1v) is 8.38. The largest absolute Gasteiger partial charge is 0.375 e. The van der Waals surface area contributed by atoms with E-state index in [1.54, 1.807) is 0 Å². The maximum atomic E-state index is 13.2. The average molecular weight is 302 g/mol. The van der Waals surface area contributed by atoms with E-state index in [2.05, 4.69) is 11.9 Å². The summed E-state index contributed by atoms with van der Waals surface area (Å²) in [5.41, 5.74) is -0.598. The first-order valence-electron chi connectivity index (χ1n) is 8.38. The molecule has 1 aromatic carbocycles. The summed E-state index contributed by atoms with van der Waals surface area (Å²) in [7, 11) is 2.07. The number of hydrogen-bond donors (Lipinski definition) is 1. The Labute approximate surface area is 132 Å². The fraction of sp³-hybridized carbons (Fsp3) is 0.611. The van der Waals surface area contributed by atoms with Crippen LogP contribution in [0.15, 0.2) is 30.3 Å². The summed E-state index contributed by atoms with van der Waals surface area (Å²) in [6.07, 6.45) is 4.08. The lowest BCUT2D eigenvalue weighted by molar-refractivity contribution is -0.161. The highest BCUT2D eigenvalue weighted by molar-refractivity contribution is 5.87. The summed E-state index contributed by atoms with van der Waals surface area (Å²) in [6, 6.07) is 9.54. The van der Waals surface area contributed by atoms with Gasteiger partial charge < -0.3 is 14.9 Å². The number of piperazine rings is 1. The number of aliphatic hydroxyl groups is 1. The van der Waals surface area contributed by atoms with Crippen LogP contribution in [0.2, 0.25) is 0 Å². The molecule has 4 nitrogen and oxygen atoms in total. The first kappa shape index (κ1) is 15.5. The highest BCUT2D eigenvalue weighted by Crippen LogP contribution is 2.41. The molecule has 120 valence electrons. The summed E-state index contributed by atoms with van der Waals surface area (Å²) in [6.45, 7) is 3.16. The molecule has 1 saturated carbocycles. The van der Waals surface area contributed by atoms with E-state index >= 15 is 0 Å². The van der Waals surface area contributed by atoms with E-state index in [1.807, 2.05) is 35.2 Å². The highest BCUT2D eigenvalue weighted by atomic mass is 16.3. The smallest absolute Gasteiger partial charge is 0.259 e. The normalized spacial score (nSPS) is 23.5. The quantitative estimate of drug-likeness (QED) is 0.926. The van der Waals surface area contributed by atoms with Crippen molar-refractivity contribution in [3.63, 3.8) is 0 Å². The van der Waals surface area contributed by atoms with Gasteiger partial charge in [0.05, 0.1) is 0 Å². The molecular formula is C18H26N2O2. The summed E-state index contributed by atoms with van der Waals surface area (Å²) >= 11 is 0. The number of amides is 1. The standard InChI is InChI=1S/C18H26N2O2/c1-19-11-13-20(14-12-19)17(21)18(22,16-9-5-6-10-16)15-7-3-2-4-8-15/h2-4,7-8,16,22H,5-6,9-14H2,1H3. The van der Waals surface area contributed by atoms with Crippen LogP contribution in [-0.4, -0.2) is 54.0 Å². The summed E-state index contributed by atoms with van der Waals surface area (Å²) < 4.78 is 0. The minimum absolute atomic E-state index is 0.0436. The van der Waals surface area contributed by atoms with E-state index in [9.17, 15) is 9.90 Å². The van der Waals surface area contributed by atoms with Crippen molar-refractivity contribution < 1.29 is 9.90 Å². The molecule has 4 heteroatoms. The van der Waals surface area contributed by atoms with Gasteiger partial charge >= 0.3 is 0 Å². The molecule has 3 rings (SSSR count). The van der Waals surface area contributed by atoms with Crippen LogP contribution in [0.1, 0.15) is 31.2 Å². The molecule has 1 amide bonds. The molecule has 1 heterocycles. The molecule has 1 aromatic rings. The molecule has 0 aromatic heterocycles. The first-order chi connectivity index (χ1) is 10.6. The number of hydrogen-bond acceptors (Lipinski definition) is 3. The van der Waals surface area contributed by atoms with Gasteiger partial charge in [0.15, 0.2) is 5.60 Å². The van der Waals surface area contributed by atoms with Gasteiger partial charge in [0, 0.05) is 32.1 Å². The molecule has 1 saturated heterocycles. The highest BCUT2D eigenvalue weighted by Gasteiger charge is 2.48. The molecule has 1 aliphatic carbocycles. The van der Waals surface area contributed by atoms with Crippen LogP contribution in [-0.2, 0) is 10.4 Å². The molecular weight excluding hydrogens is 276 g/mol. The molecule has 2 aliphatic rings. The maximum absolute atomic E-state index is 13.2. The van der Waals surface area contributed by atoms with Gasteiger partial charge in [-0.3, -0.25) is 4.79 Å². The van der Waals surface area contributed by atoms with E-state index in [-0.39, 0.29) is 11.8 Å². The number of likely N-dealkylation sites (N-methyl/N-ethyl adjacent to an activating group) is 1. The van der Waals surface area contributed by atoms with Crippen molar-refractivity contribution in [3.05, 3.63) is 35.9 Å². The van der Waals surface area contributed by atoms with Crippen molar-refractivity contribution in [2.45, 2.75) is 31.3 Å². The second-order valence-corrected chi connectivity index (χ2v) is 6.71. The topological polar surface area (TPSA) is 43.8 Å². The van der Waals surface area contributed by atoms with Crippen molar-refractivity contribution in [2.24, 2.45) is 5.92 Å². The van der Waals surface area contributed by atoms with Crippen molar-refractivity contribution in [1.82, 2.24) is 9.80 Å². The monoisotopic (exact) mass is 302 g/mol. The molecule has 0 radical (unpaired) electrons. The molecule has 2 fully saturated rings. The van der Waals surface area contributed by atoms with Crippen LogP contribution in [0, 0.1) is 5.92 Å². The molecule has 1 aliphatic heterocycles. The van der Waals surface area contributed by atoms with Crippen molar-refractivity contribution in [3.8, 4) is 0 Å². The lowest BCUT2D eigenvalue weighted by atomic mass is 9.79. The minimum atomic E-state index is -1.35. The van der Waals surface area contributed by atoms with Crippen LogP contribution in [0.25, 0.3) is 0 Å². The average Bonchev–Trinajstić information content (AvgIpc) is 3.10. The number of rotatable bonds is 3. The van der Waals surface area contributed by atoms with Crippen LogP contribution >= 0.6 is 0 Å². The van der Waals surface area contributed by atoms with Gasteiger partial charge in [0.25, 0.3) is 5.91 Å². The molecule has 22 heavy (non-hydrogen) atoms. The predicted molar refractivity (Wildman–Crippen MR) is 86.4 cm³/mol. The molecule has 1 atom stereocenters. The van der Waals surface area contributed by atoms with E-state index < -0.39 is 5.60 Å². The molecule has 0 bridgehead atoms. The van der Waals surface area contributed by atoms with Gasteiger partial charge in [0.1, 0.15) is 0 Å². The van der Waals surface area contributed by atoms with E-state index in [1.165, 1.54) is 0 Å². The Morgan fingerprint density at radius 3 is 2.27 bits per heavy atom. The Hall–Kier alpha value is -1.39. The Balaban J connectivity index is 1.89.